The molecule has 1 aromatic heterocycles. The van der Waals surface area contributed by atoms with Gasteiger partial charge < -0.3 is 5.32 Å². The summed E-state index contributed by atoms with van der Waals surface area (Å²) >= 11 is 3.54. The number of pyridine rings is 1. The molecule has 1 N–H and O–H groups in total. The number of rotatable bonds is 7. The fourth-order valence-corrected chi connectivity index (χ4v) is 2.83. The van der Waals surface area contributed by atoms with E-state index in [2.05, 4.69) is 69.6 Å². The van der Waals surface area contributed by atoms with E-state index in [1.54, 1.807) is 0 Å². The maximum atomic E-state index is 4.40. The van der Waals surface area contributed by atoms with Crippen molar-refractivity contribution >= 4 is 15.9 Å². The van der Waals surface area contributed by atoms with Crippen LogP contribution in [0.1, 0.15) is 24.6 Å². The van der Waals surface area contributed by atoms with Gasteiger partial charge in [0, 0.05) is 22.4 Å². The second kappa shape index (κ2) is 8.18. The van der Waals surface area contributed by atoms with Gasteiger partial charge in [-0.2, -0.15) is 0 Å². The lowest BCUT2D eigenvalue weighted by molar-refractivity contribution is 0.489. The van der Waals surface area contributed by atoms with Crippen molar-refractivity contribution in [3.05, 3.63) is 64.4 Å². The number of benzene rings is 1. The zero-order chi connectivity index (χ0) is 14.2. The standard InChI is InChI=1S/C17H21BrN2/c1-2-19-17(10-9-16-8-3-4-11-20-16)13-14-6-5-7-15(18)12-14/h3-8,11-12,17,19H,2,9-10,13H2,1H3. The van der Waals surface area contributed by atoms with Crippen LogP contribution in [0.25, 0.3) is 0 Å². The van der Waals surface area contributed by atoms with Crippen LogP contribution in [0, 0.1) is 0 Å². The van der Waals surface area contributed by atoms with Crippen molar-refractivity contribution in [3.63, 3.8) is 0 Å². The summed E-state index contributed by atoms with van der Waals surface area (Å²) in [7, 11) is 0. The molecule has 106 valence electrons. The molecule has 1 aromatic carbocycles. The molecular formula is C17H21BrN2. The van der Waals surface area contributed by atoms with Gasteiger partial charge in [-0.3, -0.25) is 4.98 Å². The molecule has 0 amide bonds. The molecule has 1 atom stereocenters. The van der Waals surface area contributed by atoms with Crippen LogP contribution < -0.4 is 5.32 Å². The average Bonchev–Trinajstić information content (AvgIpc) is 2.46. The molecule has 0 saturated carbocycles. The second-order valence-electron chi connectivity index (χ2n) is 4.95. The first-order valence-electron chi connectivity index (χ1n) is 7.15. The van der Waals surface area contributed by atoms with Crippen LogP contribution in [-0.2, 0) is 12.8 Å². The molecule has 0 aliphatic rings. The lowest BCUT2D eigenvalue weighted by atomic mass is 10.0. The van der Waals surface area contributed by atoms with Crippen LogP contribution in [0.3, 0.4) is 0 Å². The number of hydrogen-bond donors (Lipinski definition) is 1. The molecule has 0 fully saturated rings. The zero-order valence-electron chi connectivity index (χ0n) is 11.8. The van der Waals surface area contributed by atoms with E-state index >= 15 is 0 Å². The molecule has 1 unspecified atom stereocenters. The number of aryl methyl sites for hydroxylation is 1. The quantitative estimate of drug-likeness (QED) is 0.828. The molecule has 3 heteroatoms. The molecule has 2 aromatic rings. The summed E-state index contributed by atoms with van der Waals surface area (Å²) in [5, 5.41) is 3.58. The minimum absolute atomic E-state index is 0.497. The monoisotopic (exact) mass is 332 g/mol. The van der Waals surface area contributed by atoms with E-state index in [0.29, 0.717) is 6.04 Å². The summed E-state index contributed by atoms with van der Waals surface area (Å²) in [6.07, 6.45) is 5.05. The van der Waals surface area contributed by atoms with Crippen LogP contribution in [0.4, 0.5) is 0 Å². The molecule has 0 aliphatic heterocycles. The van der Waals surface area contributed by atoms with Crippen LogP contribution in [0.5, 0.6) is 0 Å². The number of likely N-dealkylation sites (N-methyl/N-ethyl adjacent to an activating group) is 1. The van der Waals surface area contributed by atoms with E-state index < -0.39 is 0 Å². The maximum Gasteiger partial charge on any atom is 0.0404 e. The fraction of sp³-hybridized carbons (Fsp3) is 0.353. The van der Waals surface area contributed by atoms with Crippen molar-refractivity contribution in [2.24, 2.45) is 0 Å². The number of hydrogen-bond acceptors (Lipinski definition) is 2. The highest BCUT2D eigenvalue weighted by atomic mass is 79.9. The van der Waals surface area contributed by atoms with E-state index in [9.17, 15) is 0 Å². The first-order chi connectivity index (χ1) is 9.78. The minimum Gasteiger partial charge on any atom is -0.314 e. The van der Waals surface area contributed by atoms with Gasteiger partial charge in [-0.1, -0.05) is 41.1 Å². The summed E-state index contributed by atoms with van der Waals surface area (Å²) in [6.45, 7) is 3.16. The molecule has 1 heterocycles. The predicted molar refractivity (Wildman–Crippen MR) is 87.9 cm³/mol. The molecule has 20 heavy (non-hydrogen) atoms. The van der Waals surface area contributed by atoms with Gasteiger partial charge in [0.05, 0.1) is 0 Å². The van der Waals surface area contributed by atoms with Gasteiger partial charge in [-0.05, 0) is 55.6 Å². The Kier molecular flexibility index (Phi) is 6.22. The molecule has 2 nitrogen and oxygen atoms in total. The summed E-state index contributed by atoms with van der Waals surface area (Å²) in [4.78, 5) is 4.40. The fourth-order valence-electron chi connectivity index (χ4n) is 2.38. The van der Waals surface area contributed by atoms with E-state index in [1.807, 2.05) is 12.3 Å². The topological polar surface area (TPSA) is 24.9 Å². The Balaban J connectivity index is 1.93. The van der Waals surface area contributed by atoms with E-state index in [-0.39, 0.29) is 0 Å². The Hall–Kier alpha value is -1.19. The number of nitrogens with zero attached hydrogens (tertiary/aromatic N) is 1. The summed E-state index contributed by atoms with van der Waals surface area (Å²) in [6, 6.07) is 15.2. The number of halogens is 1. The van der Waals surface area contributed by atoms with Gasteiger partial charge in [0.15, 0.2) is 0 Å². The van der Waals surface area contributed by atoms with Crippen molar-refractivity contribution in [1.29, 1.82) is 0 Å². The zero-order valence-corrected chi connectivity index (χ0v) is 13.4. The number of nitrogens with one attached hydrogen (secondary N) is 1. The second-order valence-corrected chi connectivity index (χ2v) is 5.86. The van der Waals surface area contributed by atoms with Gasteiger partial charge in [0.25, 0.3) is 0 Å². The Morgan fingerprint density at radius 2 is 2.10 bits per heavy atom. The molecule has 0 radical (unpaired) electrons. The van der Waals surface area contributed by atoms with Crippen LogP contribution in [0.15, 0.2) is 53.1 Å². The van der Waals surface area contributed by atoms with Gasteiger partial charge in [-0.15, -0.1) is 0 Å². The van der Waals surface area contributed by atoms with Gasteiger partial charge >= 0.3 is 0 Å². The average molecular weight is 333 g/mol. The molecule has 0 aliphatic carbocycles. The van der Waals surface area contributed by atoms with Crippen molar-refractivity contribution in [3.8, 4) is 0 Å². The summed E-state index contributed by atoms with van der Waals surface area (Å²) in [5.74, 6) is 0. The Bertz CT molecular complexity index is 513. The molecule has 0 bridgehead atoms. The highest BCUT2D eigenvalue weighted by Crippen LogP contribution is 2.14. The highest BCUT2D eigenvalue weighted by Gasteiger charge is 2.09. The van der Waals surface area contributed by atoms with Crippen molar-refractivity contribution < 1.29 is 0 Å². The van der Waals surface area contributed by atoms with Crippen molar-refractivity contribution in [2.45, 2.75) is 32.2 Å². The smallest absolute Gasteiger partial charge is 0.0404 e. The van der Waals surface area contributed by atoms with E-state index in [0.717, 1.165) is 30.3 Å². The largest absolute Gasteiger partial charge is 0.314 e. The van der Waals surface area contributed by atoms with Gasteiger partial charge in [0.1, 0.15) is 0 Å². The third-order valence-electron chi connectivity index (χ3n) is 3.34. The molecule has 2 rings (SSSR count). The SMILES string of the molecule is CCNC(CCc1ccccn1)Cc1cccc(Br)c1. The van der Waals surface area contributed by atoms with Crippen molar-refractivity contribution in [1.82, 2.24) is 10.3 Å². The Morgan fingerprint density at radius 1 is 1.20 bits per heavy atom. The van der Waals surface area contributed by atoms with E-state index in [1.165, 1.54) is 11.3 Å². The molecule has 0 saturated heterocycles. The normalized spacial score (nSPS) is 12.3. The summed E-state index contributed by atoms with van der Waals surface area (Å²) in [5.41, 5.74) is 2.54. The third-order valence-corrected chi connectivity index (χ3v) is 3.83. The lowest BCUT2D eigenvalue weighted by Gasteiger charge is -2.18. The van der Waals surface area contributed by atoms with Gasteiger partial charge in [-0.25, -0.2) is 0 Å². The Labute approximate surface area is 129 Å². The predicted octanol–water partition coefficient (Wildman–Crippen LogP) is 4.00. The first-order valence-corrected chi connectivity index (χ1v) is 7.95. The maximum absolute atomic E-state index is 4.40. The highest BCUT2D eigenvalue weighted by molar-refractivity contribution is 9.10. The van der Waals surface area contributed by atoms with E-state index in [4.69, 9.17) is 0 Å². The summed E-state index contributed by atoms with van der Waals surface area (Å²) < 4.78 is 1.15. The lowest BCUT2D eigenvalue weighted by Crippen LogP contribution is -2.31. The molecule has 0 spiro atoms. The Morgan fingerprint density at radius 3 is 2.80 bits per heavy atom. The number of aromatic nitrogens is 1. The van der Waals surface area contributed by atoms with Crippen LogP contribution in [-0.4, -0.2) is 17.6 Å². The van der Waals surface area contributed by atoms with Gasteiger partial charge in [0.2, 0.25) is 0 Å². The molecular weight excluding hydrogens is 312 g/mol. The first kappa shape index (κ1) is 15.2. The van der Waals surface area contributed by atoms with Crippen LogP contribution >= 0.6 is 15.9 Å². The van der Waals surface area contributed by atoms with Crippen molar-refractivity contribution in [2.75, 3.05) is 6.54 Å². The van der Waals surface area contributed by atoms with Crippen LogP contribution in [0.2, 0.25) is 0 Å². The third kappa shape index (κ3) is 5.06. The minimum atomic E-state index is 0.497.